The molecule has 6 heteroatoms. The van der Waals surface area contributed by atoms with Crippen molar-refractivity contribution in [3.05, 3.63) is 71.5 Å². The molecule has 0 aliphatic carbocycles. The Morgan fingerprint density at radius 2 is 1.92 bits per heavy atom. The van der Waals surface area contributed by atoms with Gasteiger partial charge in [-0.15, -0.1) is 0 Å². The van der Waals surface area contributed by atoms with E-state index in [1.807, 2.05) is 66.4 Å². The van der Waals surface area contributed by atoms with E-state index in [-0.39, 0.29) is 11.9 Å². The molecule has 0 bridgehead atoms. The molecular weight excluding hydrogens is 328 g/mol. The van der Waals surface area contributed by atoms with Crippen LogP contribution in [0.1, 0.15) is 27.8 Å². The fourth-order valence-electron chi connectivity index (χ4n) is 3.20. The fraction of sp³-hybridized carbons (Fsp3) is 0.250. The second kappa shape index (κ2) is 7.09. The molecule has 3 aromatic rings. The van der Waals surface area contributed by atoms with Crippen molar-refractivity contribution >= 4 is 5.91 Å². The third-order valence-electron chi connectivity index (χ3n) is 4.56. The maximum Gasteiger partial charge on any atom is 0.254 e. The number of rotatable bonds is 3. The summed E-state index contributed by atoms with van der Waals surface area (Å²) in [6.45, 7) is 3.52. The summed E-state index contributed by atoms with van der Waals surface area (Å²) >= 11 is 0. The molecular formula is C20H20N4O2. The summed E-state index contributed by atoms with van der Waals surface area (Å²) < 4.78 is 5.62. The van der Waals surface area contributed by atoms with Gasteiger partial charge in [-0.3, -0.25) is 9.89 Å². The van der Waals surface area contributed by atoms with Crippen molar-refractivity contribution in [1.82, 2.24) is 20.1 Å². The first-order chi connectivity index (χ1) is 12.7. The first kappa shape index (κ1) is 16.5. The number of nitrogens with one attached hydrogen (secondary N) is 1. The van der Waals surface area contributed by atoms with Crippen LogP contribution in [-0.2, 0) is 4.74 Å². The van der Waals surface area contributed by atoms with E-state index >= 15 is 0 Å². The molecule has 2 heterocycles. The molecule has 1 fully saturated rings. The highest BCUT2D eigenvalue weighted by atomic mass is 16.5. The largest absolute Gasteiger partial charge is 0.377 e. The van der Waals surface area contributed by atoms with Crippen molar-refractivity contribution in [2.24, 2.45) is 0 Å². The lowest BCUT2D eigenvalue weighted by Gasteiger charge is -2.36. The monoisotopic (exact) mass is 348 g/mol. The van der Waals surface area contributed by atoms with Crippen molar-refractivity contribution in [3.63, 3.8) is 0 Å². The number of carbonyl (C=O) groups is 1. The van der Waals surface area contributed by atoms with Gasteiger partial charge < -0.3 is 9.64 Å². The van der Waals surface area contributed by atoms with Crippen molar-refractivity contribution in [1.29, 1.82) is 0 Å². The predicted octanol–water partition coefficient (Wildman–Crippen LogP) is 2.99. The molecule has 1 saturated heterocycles. The van der Waals surface area contributed by atoms with E-state index in [9.17, 15) is 4.79 Å². The lowest BCUT2D eigenvalue weighted by atomic mass is 10.0. The average molecular weight is 348 g/mol. The maximum atomic E-state index is 13.1. The molecule has 4 rings (SSSR count). The molecule has 1 aromatic heterocycles. The molecule has 0 saturated carbocycles. The SMILES string of the molecule is Cc1nc(-c2ccc(C(=O)N3CCOC[C@@H]3c3ccccc3)cc2)n[nH]1. The van der Waals surface area contributed by atoms with Crippen LogP contribution in [0.2, 0.25) is 0 Å². The number of H-pyrrole nitrogens is 1. The van der Waals surface area contributed by atoms with Gasteiger partial charge in [0.1, 0.15) is 5.82 Å². The molecule has 1 aliphatic rings. The predicted molar refractivity (Wildman–Crippen MR) is 97.6 cm³/mol. The van der Waals surface area contributed by atoms with Gasteiger partial charge in [-0.1, -0.05) is 42.5 Å². The lowest BCUT2D eigenvalue weighted by Crippen LogP contribution is -2.43. The highest BCUT2D eigenvalue weighted by Crippen LogP contribution is 2.26. The Labute approximate surface area is 151 Å². The number of aromatic nitrogens is 3. The van der Waals surface area contributed by atoms with Crippen LogP contribution in [0.5, 0.6) is 0 Å². The molecule has 0 radical (unpaired) electrons. The summed E-state index contributed by atoms with van der Waals surface area (Å²) in [5, 5.41) is 6.98. The number of benzene rings is 2. The number of hydrogen-bond donors (Lipinski definition) is 1. The normalized spacial score (nSPS) is 17.3. The summed E-state index contributed by atoms with van der Waals surface area (Å²) in [5.74, 6) is 1.41. The Bertz CT molecular complexity index is 890. The minimum atomic E-state index is -0.0622. The van der Waals surface area contributed by atoms with Gasteiger partial charge in [-0.2, -0.15) is 5.10 Å². The summed E-state index contributed by atoms with van der Waals surface area (Å²) in [6, 6.07) is 17.4. The van der Waals surface area contributed by atoms with Crippen LogP contribution in [0.4, 0.5) is 0 Å². The molecule has 132 valence electrons. The van der Waals surface area contributed by atoms with Crippen LogP contribution in [0.15, 0.2) is 54.6 Å². The lowest BCUT2D eigenvalue weighted by molar-refractivity contribution is -0.00269. The van der Waals surface area contributed by atoms with Gasteiger partial charge in [0.25, 0.3) is 5.91 Å². The summed E-state index contributed by atoms with van der Waals surface area (Å²) in [5.41, 5.74) is 2.63. The Balaban J connectivity index is 1.57. The van der Waals surface area contributed by atoms with Crippen LogP contribution in [0.25, 0.3) is 11.4 Å². The highest BCUT2D eigenvalue weighted by Gasteiger charge is 2.29. The molecule has 0 unspecified atom stereocenters. The molecule has 1 N–H and O–H groups in total. The van der Waals surface area contributed by atoms with Crippen molar-refractivity contribution in [2.45, 2.75) is 13.0 Å². The van der Waals surface area contributed by atoms with E-state index in [1.54, 1.807) is 0 Å². The van der Waals surface area contributed by atoms with Crippen LogP contribution in [0, 0.1) is 6.92 Å². The summed E-state index contributed by atoms with van der Waals surface area (Å²) in [7, 11) is 0. The van der Waals surface area contributed by atoms with Gasteiger partial charge in [0, 0.05) is 17.7 Å². The smallest absolute Gasteiger partial charge is 0.254 e. The first-order valence-corrected chi connectivity index (χ1v) is 8.65. The van der Waals surface area contributed by atoms with Crippen LogP contribution >= 0.6 is 0 Å². The van der Waals surface area contributed by atoms with Gasteiger partial charge in [-0.25, -0.2) is 4.98 Å². The van der Waals surface area contributed by atoms with Gasteiger partial charge >= 0.3 is 0 Å². The third-order valence-corrected chi connectivity index (χ3v) is 4.56. The van der Waals surface area contributed by atoms with E-state index in [4.69, 9.17) is 4.74 Å². The van der Waals surface area contributed by atoms with E-state index in [0.29, 0.717) is 31.1 Å². The third kappa shape index (κ3) is 3.23. The molecule has 1 amide bonds. The quantitative estimate of drug-likeness (QED) is 0.790. The average Bonchev–Trinajstić information content (AvgIpc) is 3.14. The van der Waals surface area contributed by atoms with Gasteiger partial charge in [0.05, 0.1) is 19.3 Å². The molecule has 1 atom stereocenters. The minimum Gasteiger partial charge on any atom is -0.377 e. The molecule has 26 heavy (non-hydrogen) atoms. The van der Waals surface area contributed by atoms with Crippen LogP contribution < -0.4 is 0 Å². The molecule has 0 spiro atoms. The zero-order chi connectivity index (χ0) is 17.9. The Morgan fingerprint density at radius 1 is 1.15 bits per heavy atom. The van der Waals surface area contributed by atoms with E-state index in [2.05, 4.69) is 15.2 Å². The van der Waals surface area contributed by atoms with E-state index in [0.717, 1.165) is 17.0 Å². The topological polar surface area (TPSA) is 71.1 Å². The van der Waals surface area contributed by atoms with Crippen LogP contribution in [0.3, 0.4) is 0 Å². The van der Waals surface area contributed by atoms with Gasteiger partial charge in [0.2, 0.25) is 0 Å². The molecule has 1 aliphatic heterocycles. The minimum absolute atomic E-state index is 0.0138. The zero-order valence-electron chi connectivity index (χ0n) is 14.6. The first-order valence-electron chi connectivity index (χ1n) is 8.65. The number of nitrogens with zero attached hydrogens (tertiary/aromatic N) is 3. The Morgan fingerprint density at radius 3 is 2.62 bits per heavy atom. The maximum absolute atomic E-state index is 13.1. The number of ether oxygens (including phenoxy) is 1. The van der Waals surface area contributed by atoms with Gasteiger partial charge in [-0.05, 0) is 24.6 Å². The van der Waals surface area contributed by atoms with Crippen molar-refractivity contribution in [2.75, 3.05) is 19.8 Å². The molecule has 2 aromatic carbocycles. The standard InChI is InChI=1S/C20H20N4O2/c1-14-21-19(23-22-14)16-7-9-17(10-8-16)20(25)24-11-12-26-13-18(24)15-5-3-2-4-6-15/h2-10,18H,11-13H2,1H3,(H,21,22,23)/t18-/m1/s1. The Kier molecular flexibility index (Phi) is 4.50. The number of hydrogen-bond acceptors (Lipinski definition) is 4. The second-order valence-corrected chi connectivity index (χ2v) is 6.32. The van der Waals surface area contributed by atoms with E-state index < -0.39 is 0 Å². The number of amides is 1. The highest BCUT2D eigenvalue weighted by molar-refractivity contribution is 5.95. The number of aryl methyl sites for hydroxylation is 1. The zero-order valence-corrected chi connectivity index (χ0v) is 14.6. The summed E-state index contributed by atoms with van der Waals surface area (Å²) in [4.78, 5) is 19.3. The van der Waals surface area contributed by atoms with Crippen LogP contribution in [-0.4, -0.2) is 45.7 Å². The summed E-state index contributed by atoms with van der Waals surface area (Å²) in [6.07, 6.45) is 0. The van der Waals surface area contributed by atoms with Gasteiger partial charge in [0.15, 0.2) is 5.82 Å². The molecule has 6 nitrogen and oxygen atoms in total. The second-order valence-electron chi connectivity index (χ2n) is 6.32. The Hall–Kier alpha value is -2.99. The van der Waals surface area contributed by atoms with Crippen molar-refractivity contribution in [3.8, 4) is 11.4 Å². The van der Waals surface area contributed by atoms with E-state index in [1.165, 1.54) is 0 Å². The number of carbonyl (C=O) groups excluding carboxylic acids is 1. The van der Waals surface area contributed by atoms with Crippen molar-refractivity contribution < 1.29 is 9.53 Å². The number of morpholine rings is 1. The fourth-order valence-corrected chi connectivity index (χ4v) is 3.20. The number of aromatic amines is 1.